The number of amides is 1. The first-order chi connectivity index (χ1) is 9.74. The van der Waals surface area contributed by atoms with Crippen molar-refractivity contribution in [3.05, 3.63) is 30.0 Å². The Balaban J connectivity index is 1.96. The minimum absolute atomic E-state index is 0.161. The van der Waals surface area contributed by atoms with Crippen LogP contribution in [0.5, 0.6) is 0 Å². The van der Waals surface area contributed by atoms with Gasteiger partial charge in [0.2, 0.25) is 0 Å². The number of aromatic nitrogens is 2. The summed E-state index contributed by atoms with van der Waals surface area (Å²) < 4.78 is 10.7. The number of rotatable bonds is 7. The average molecular weight is 277 g/mol. The van der Waals surface area contributed by atoms with Crippen molar-refractivity contribution >= 4 is 16.8 Å². The first-order valence-electron chi connectivity index (χ1n) is 6.69. The van der Waals surface area contributed by atoms with Gasteiger partial charge in [-0.25, -0.2) is 0 Å². The van der Waals surface area contributed by atoms with Crippen LogP contribution in [0.2, 0.25) is 0 Å². The van der Waals surface area contributed by atoms with Gasteiger partial charge < -0.3 is 14.8 Å². The van der Waals surface area contributed by atoms with Crippen LogP contribution in [-0.2, 0) is 9.47 Å². The number of aromatic amines is 1. The SMILES string of the molecule is CCOC(CNC(=O)c1ccc2cn[nH]c2c1)OCC. The van der Waals surface area contributed by atoms with E-state index in [2.05, 4.69) is 15.5 Å². The molecule has 0 spiro atoms. The molecule has 0 bridgehead atoms. The van der Waals surface area contributed by atoms with Gasteiger partial charge in [0.1, 0.15) is 0 Å². The quantitative estimate of drug-likeness (QED) is 0.755. The van der Waals surface area contributed by atoms with Crippen LogP contribution in [-0.4, -0.2) is 42.2 Å². The Labute approximate surface area is 117 Å². The Morgan fingerprint density at radius 3 is 2.80 bits per heavy atom. The third-order valence-corrected chi connectivity index (χ3v) is 2.84. The maximum Gasteiger partial charge on any atom is 0.251 e. The Kier molecular flexibility index (Phi) is 5.09. The lowest BCUT2D eigenvalue weighted by molar-refractivity contribution is -0.131. The second-order valence-electron chi connectivity index (χ2n) is 4.22. The van der Waals surface area contributed by atoms with Gasteiger partial charge in [-0.1, -0.05) is 6.07 Å². The molecule has 0 aliphatic carbocycles. The average Bonchev–Trinajstić information content (AvgIpc) is 2.92. The van der Waals surface area contributed by atoms with Gasteiger partial charge in [0.25, 0.3) is 5.91 Å². The van der Waals surface area contributed by atoms with Gasteiger partial charge >= 0.3 is 0 Å². The van der Waals surface area contributed by atoms with Crippen molar-refractivity contribution in [1.29, 1.82) is 0 Å². The van der Waals surface area contributed by atoms with Crippen LogP contribution in [0.1, 0.15) is 24.2 Å². The predicted octanol–water partition coefficient (Wildman–Crippen LogP) is 1.69. The van der Waals surface area contributed by atoms with Crippen LogP contribution in [0.4, 0.5) is 0 Å². The molecule has 2 rings (SSSR count). The molecule has 1 heterocycles. The summed E-state index contributed by atoms with van der Waals surface area (Å²) in [6, 6.07) is 5.40. The van der Waals surface area contributed by atoms with E-state index >= 15 is 0 Å². The third-order valence-electron chi connectivity index (χ3n) is 2.84. The molecule has 20 heavy (non-hydrogen) atoms. The van der Waals surface area contributed by atoms with E-state index in [1.54, 1.807) is 18.3 Å². The van der Waals surface area contributed by atoms with Crippen molar-refractivity contribution in [2.45, 2.75) is 20.1 Å². The van der Waals surface area contributed by atoms with E-state index in [-0.39, 0.29) is 5.91 Å². The molecule has 6 nitrogen and oxygen atoms in total. The Morgan fingerprint density at radius 1 is 1.35 bits per heavy atom. The van der Waals surface area contributed by atoms with Crippen molar-refractivity contribution < 1.29 is 14.3 Å². The number of hydrogen-bond donors (Lipinski definition) is 2. The summed E-state index contributed by atoms with van der Waals surface area (Å²) in [6.45, 7) is 5.18. The van der Waals surface area contributed by atoms with E-state index in [1.165, 1.54) is 0 Å². The number of hydrogen-bond acceptors (Lipinski definition) is 4. The molecule has 6 heteroatoms. The Morgan fingerprint density at radius 2 is 2.10 bits per heavy atom. The number of ether oxygens (including phenoxy) is 2. The number of nitrogens with one attached hydrogen (secondary N) is 2. The maximum atomic E-state index is 12.1. The molecule has 0 saturated heterocycles. The standard InChI is InChI=1S/C14H19N3O3/c1-3-19-13(20-4-2)9-15-14(18)10-5-6-11-8-16-17-12(11)7-10/h5-8,13H,3-4,9H2,1-2H3,(H,15,18)(H,16,17). The highest BCUT2D eigenvalue weighted by atomic mass is 16.7. The monoisotopic (exact) mass is 277 g/mol. The van der Waals surface area contributed by atoms with Crippen molar-refractivity contribution in [3.63, 3.8) is 0 Å². The zero-order valence-corrected chi connectivity index (χ0v) is 11.7. The first-order valence-corrected chi connectivity index (χ1v) is 6.69. The van der Waals surface area contributed by atoms with Gasteiger partial charge in [0, 0.05) is 24.2 Å². The lowest BCUT2D eigenvalue weighted by atomic mass is 10.1. The number of benzene rings is 1. The van der Waals surface area contributed by atoms with Gasteiger partial charge in [-0.3, -0.25) is 9.89 Å². The molecular weight excluding hydrogens is 258 g/mol. The number of H-pyrrole nitrogens is 1. The number of nitrogens with zero attached hydrogens (tertiary/aromatic N) is 1. The molecule has 0 radical (unpaired) electrons. The van der Waals surface area contributed by atoms with Crippen molar-refractivity contribution in [3.8, 4) is 0 Å². The zero-order chi connectivity index (χ0) is 14.4. The van der Waals surface area contributed by atoms with E-state index in [0.29, 0.717) is 25.3 Å². The van der Waals surface area contributed by atoms with Crippen LogP contribution in [0.3, 0.4) is 0 Å². The normalized spacial score (nSPS) is 11.2. The minimum Gasteiger partial charge on any atom is -0.351 e. The molecule has 0 atom stereocenters. The van der Waals surface area contributed by atoms with E-state index in [4.69, 9.17) is 9.47 Å². The summed E-state index contributed by atoms with van der Waals surface area (Å²) in [4.78, 5) is 12.1. The van der Waals surface area contributed by atoms with Gasteiger partial charge in [-0.2, -0.15) is 5.10 Å². The molecule has 1 amide bonds. The van der Waals surface area contributed by atoms with Crippen LogP contribution < -0.4 is 5.32 Å². The number of carbonyl (C=O) groups excluding carboxylic acids is 1. The van der Waals surface area contributed by atoms with Crippen LogP contribution >= 0.6 is 0 Å². The predicted molar refractivity (Wildman–Crippen MR) is 75.5 cm³/mol. The molecule has 2 aromatic rings. The largest absolute Gasteiger partial charge is 0.351 e. The molecule has 0 saturated carbocycles. The Bertz CT molecular complexity index is 562. The summed E-state index contributed by atoms with van der Waals surface area (Å²) >= 11 is 0. The van der Waals surface area contributed by atoms with Gasteiger partial charge in [0.15, 0.2) is 6.29 Å². The summed E-state index contributed by atoms with van der Waals surface area (Å²) in [6.07, 6.45) is 1.31. The van der Waals surface area contributed by atoms with Crippen molar-refractivity contribution in [2.24, 2.45) is 0 Å². The fourth-order valence-corrected chi connectivity index (χ4v) is 1.89. The first kappa shape index (κ1) is 14.5. The van der Waals surface area contributed by atoms with Crippen molar-refractivity contribution in [1.82, 2.24) is 15.5 Å². The molecule has 2 N–H and O–H groups in total. The summed E-state index contributed by atoms with van der Waals surface area (Å²) in [5, 5.41) is 10.5. The van der Waals surface area contributed by atoms with E-state index in [0.717, 1.165) is 10.9 Å². The maximum absolute atomic E-state index is 12.1. The summed E-state index contributed by atoms with van der Waals surface area (Å²) in [7, 11) is 0. The topological polar surface area (TPSA) is 76.2 Å². The molecule has 0 aliphatic rings. The van der Waals surface area contributed by atoms with Crippen molar-refractivity contribution in [2.75, 3.05) is 19.8 Å². The molecule has 1 aromatic heterocycles. The highest BCUT2D eigenvalue weighted by molar-refractivity contribution is 5.97. The molecule has 0 aliphatic heterocycles. The lowest BCUT2D eigenvalue weighted by Crippen LogP contribution is -2.35. The highest BCUT2D eigenvalue weighted by Crippen LogP contribution is 2.12. The van der Waals surface area contributed by atoms with Crippen LogP contribution in [0.25, 0.3) is 10.9 Å². The third kappa shape index (κ3) is 3.55. The van der Waals surface area contributed by atoms with Crippen LogP contribution in [0, 0.1) is 0 Å². The van der Waals surface area contributed by atoms with Crippen LogP contribution in [0.15, 0.2) is 24.4 Å². The van der Waals surface area contributed by atoms with Gasteiger partial charge in [-0.15, -0.1) is 0 Å². The molecule has 0 fully saturated rings. The number of fused-ring (bicyclic) bond motifs is 1. The molecular formula is C14H19N3O3. The second-order valence-corrected chi connectivity index (χ2v) is 4.22. The van der Waals surface area contributed by atoms with Gasteiger partial charge in [-0.05, 0) is 26.0 Å². The number of carbonyl (C=O) groups is 1. The van der Waals surface area contributed by atoms with Gasteiger partial charge in [0.05, 0.1) is 18.3 Å². The van der Waals surface area contributed by atoms with E-state index in [9.17, 15) is 4.79 Å². The fourth-order valence-electron chi connectivity index (χ4n) is 1.89. The summed E-state index contributed by atoms with van der Waals surface area (Å²) in [5.41, 5.74) is 1.41. The summed E-state index contributed by atoms with van der Waals surface area (Å²) in [5.74, 6) is -0.161. The smallest absolute Gasteiger partial charge is 0.251 e. The highest BCUT2D eigenvalue weighted by Gasteiger charge is 2.12. The zero-order valence-electron chi connectivity index (χ0n) is 11.7. The fraction of sp³-hybridized carbons (Fsp3) is 0.429. The van der Waals surface area contributed by atoms with E-state index < -0.39 is 6.29 Å². The van der Waals surface area contributed by atoms with E-state index in [1.807, 2.05) is 19.9 Å². The minimum atomic E-state index is -0.412. The second kappa shape index (κ2) is 7.02. The molecule has 0 unspecified atom stereocenters. The molecule has 1 aromatic carbocycles. The molecule has 108 valence electrons. The Hall–Kier alpha value is -1.92. The lowest BCUT2D eigenvalue weighted by Gasteiger charge is -2.17.